The largest absolute Gasteiger partial charge is 0.507 e. The molecule has 1 atom stereocenters. The van der Waals surface area contributed by atoms with Crippen LogP contribution in [-0.2, 0) is 4.74 Å². The van der Waals surface area contributed by atoms with Crippen molar-refractivity contribution in [3.05, 3.63) is 29.6 Å². The van der Waals surface area contributed by atoms with Crippen molar-refractivity contribution in [2.45, 2.75) is 20.0 Å². The highest BCUT2D eigenvalue weighted by atomic mass is 16.5. The highest BCUT2D eigenvalue weighted by molar-refractivity contribution is 5.62. The molecule has 0 aliphatic heterocycles. The zero-order valence-electron chi connectivity index (χ0n) is 9.97. The van der Waals surface area contributed by atoms with E-state index in [2.05, 4.69) is 10.1 Å². The first-order chi connectivity index (χ1) is 8.11. The zero-order valence-corrected chi connectivity index (χ0v) is 9.97. The van der Waals surface area contributed by atoms with Crippen molar-refractivity contribution in [1.82, 2.24) is 10.1 Å². The van der Waals surface area contributed by atoms with Gasteiger partial charge in [-0.1, -0.05) is 11.2 Å². The lowest BCUT2D eigenvalue weighted by Crippen LogP contribution is -1.97. The summed E-state index contributed by atoms with van der Waals surface area (Å²) in [6.07, 6.45) is -0.236. The fraction of sp³-hybridized carbons (Fsp3) is 0.333. The van der Waals surface area contributed by atoms with Crippen LogP contribution in [0.5, 0.6) is 5.75 Å². The molecule has 2 aromatic rings. The van der Waals surface area contributed by atoms with Crippen LogP contribution in [0.3, 0.4) is 0 Å². The lowest BCUT2D eigenvalue weighted by Gasteiger charge is -2.01. The Morgan fingerprint density at radius 3 is 2.82 bits per heavy atom. The van der Waals surface area contributed by atoms with Crippen molar-refractivity contribution in [1.29, 1.82) is 0 Å². The lowest BCUT2D eigenvalue weighted by molar-refractivity contribution is 0.109. The normalized spacial score (nSPS) is 12.6. The van der Waals surface area contributed by atoms with Gasteiger partial charge in [0.2, 0.25) is 5.82 Å². The first-order valence-electron chi connectivity index (χ1n) is 5.28. The summed E-state index contributed by atoms with van der Waals surface area (Å²) in [5.74, 6) is 0.883. The molecule has 0 fully saturated rings. The van der Waals surface area contributed by atoms with Crippen molar-refractivity contribution in [2.24, 2.45) is 0 Å². The number of aromatic hydroxyl groups is 1. The summed E-state index contributed by atoms with van der Waals surface area (Å²) in [6.45, 7) is 3.72. The van der Waals surface area contributed by atoms with Crippen LogP contribution in [0.4, 0.5) is 0 Å². The minimum absolute atomic E-state index is 0.130. The molecule has 1 N–H and O–H groups in total. The molecule has 5 heteroatoms. The molecular formula is C12H14N2O3. The first-order valence-corrected chi connectivity index (χ1v) is 5.28. The first kappa shape index (κ1) is 11.6. The monoisotopic (exact) mass is 234 g/mol. The lowest BCUT2D eigenvalue weighted by atomic mass is 10.1. The number of rotatable bonds is 3. The quantitative estimate of drug-likeness (QED) is 0.883. The molecule has 1 aromatic carbocycles. The molecule has 1 heterocycles. The predicted octanol–water partition coefficient (Wildman–Crippen LogP) is 2.46. The van der Waals surface area contributed by atoms with Crippen LogP contribution in [0.2, 0.25) is 0 Å². The van der Waals surface area contributed by atoms with E-state index >= 15 is 0 Å². The van der Waals surface area contributed by atoms with Crippen LogP contribution < -0.4 is 0 Å². The molecule has 2 rings (SSSR count). The number of nitrogens with zero attached hydrogens (tertiary/aromatic N) is 2. The summed E-state index contributed by atoms with van der Waals surface area (Å²) in [5, 5.41) is 13.6. The standard InChI is InChI=1S/C12H14N2O3/c1-7-4-5-9(10(15)6-7)12-13-11(14-17-12)8(2)16-3/h4-6,8,15H,1-3H3. The molecule has 0 spiro atoms. The molecule has 0 saturated heterocycles. The maximum absolute atomic E-state index is 9.79. The van der Waals surface area contributed by atoms with E-state index in [0.29, 0.717) is 17.3 Å². The van der Waals surface area contributed by atoms with Gasteiger partial charge in [-0.15, -0.1) is 0 Å². The highest BCUT2D eigenvalue weighted by Crippen LogP contribution is 2.29. The molecule has 0 aliphatic rings. The van der Waals surface area contributed by atoms with E-state index in [-0.39, 0.29) is 11.9 Å². The van der Waals surface area contributed by atoms with Crippen LogP contribution in [0.15, 0.2) is 22.7 Å². The van der Waals surface area contributed by atoms with E-state index in [9.17, 15) is 5.11 Å². The molecule has 0 bridgehead atoms. The number of phenolic OH excluding ortho intramolecular Hbond substituents is 1. The van der Waals surface area contributed by atoms with E-state index in [0.717, 1.165) is 5.56 Å². The number of phenols is 1. The average molecular weight is 234 g/mol. The van der Waals surface area contributed by atoms with Crippen LogP contribution in [-0.4, -0.2) is 22.4 Å². The van der Waals surface area contributed by atoms with Crippen LogP contribution >= 0.6 is 0 Å². The Bertz CT molecular complexity index is 522. The van der Waals surface area contributed by atoms with Gasteiger partial charge in [0, 0.05) is 7.11 Å². The summed E-state index contributed by atoms with van der Waals surface area (Å²) in [6, 6.07) is 5.27. The summed E-state index contributed by atoms with van der Waals surface area (Å²) < 4.78 is 10.2. The molecule has 0 aliphatic carbocycles. The van der Waals surface area contributed by atoms with Crippen LogP contribution in [0.1, 0.15) is 24.4 Å². The average Bonchev–Trinajstić information content (AvgIpc) is 2.77. The second-order valence-corrected chi connectivity index (χ2v) is 3.86. The second-order valence-electron chi connectivity index (χ2n) is 3.86. The van der Waals surface area contributed by atoms with Crippen molar-refractivity contribution < 1.29 is 14.4 Å². The van der Waals surface area contributed by atoms with Gasteiger partial charge in [0.15, 0.2) is 0 Å². The summed E-state index contributed by atoms with van der Waals surface area (Å²) in [4.78, 5) is 4.18. The van der Waals surface area contributed by atoms with Gasteiger partial charge in [-0.2, -0.15) is 4.98 Å². The number of ether oxygens (including phenoxy) is 1. The van der Waals surface area contributed by atoms with E-state index in [1.54, 1.807) is 19.2 Å². The van der Waals surface area contributed by atoms with Crippen LogP contribution in [0, 0.1) is 6.92 Å². The van der Waals surface area contributed by atoms with Gasteiger partial charge in [-0.25, -0.2) is 0 Å². The Hall–Kier alpha value is -1.88. The van der Waals surface area contributed by atoms with Gasteiger partial charge in [0.25, 0.3) is 5.89 Å². The third-order valence-electron chi connectivity index (χ3n) is 2.54. The molecule has 0 radical (unpaired) electrons. The smallest absolute Gasteiger partial charge is 0.261 e. The van der Waals surface area contributed by atoms with E-state index < -0.39 is 0 Å². The zero-order chi connectivity index (χ0) is 12.4. The predicted molar refractivity (Wildman–Crippen MR) is 61.6 cm³/mol. The van der Waals surface area contributed by atoms with Gasteiger partial charge in [0.05, 0.1) is 5.56 Å². The molecule has 5 nitrogen and oxygen atoms in total. The number of methoxy groups -OCH3 is 1. The molecule has 90 valence electrons. The fourth-order valence-corrected chi connectivity index (χ4v) is 1.44. The maximum Gasteiger partial charge on any atom is 0.261 e. The highest BCUT2D eigenvalue weighted by Gasteiger charge is 2.16. The van der Waals surface area contributed by atoms with Gasteiger partial charge >= 0.3 is 0 Å². The molecular weight excluding hydrogens is 220 g/mol. The third-order valence-corrected chi connectivity index (χ3v) is 2.54. The van der Waals surface area contributed by atoms with Crippen LogP contribution in [0.25, 0.3) is 11.5 Å². The van der Waals surface area contributed by atoms with Gasteiger partial charge in [0.1, 0.15) is 11.9 Å². The Morgan fingerprint density at radius 2 is 2.18 bits per heavy atom. The fourth-order valence-electron chi connectivity index (χ4n) is 1.44. The molecule has 1 unspecified atom stereocenters. The van der Waals surface area contributed by atoms with Crippen molar-refractivity contribution in [3.8, 4) is 17.2 Å². The Morgan fingerprint density at radius 1 is 1.41 bits per heavy atom. The molecule has 0 amide bonds. The number of benzene rings is 1. The van der Waals surface area contributed by atoms with Crippen molar-refractivity contribution in [2.75, 3.05) is 7.11 Å². The molecule has 17 heavy (non-hydrogen) atoms. The van der Waals surface area contributed by atoms with Gasteiger partial charge in [-0.05, 0) is 31.5 Å². The summed E-state index contributed by atoms with van der Waals surface area (Å²) >= 11 is 0. The number of hydrogen-bond acceptors (Lipinski definition) is 5. The Labute approximate surface area is 99.0 Å². The number of aromatic nitrogens is 2. The minimum atomic E-state index is -0.236. The van der Waals surface area contributed by atoms with Gasteiger partial charge < -0.3 is 14.4 Å². The SMILES string of the molecule is COC(C)c1noc(-c2ccc(C)cc2O)n1. The Balaban J connectivity index is 2.37. The number of aryl methyl sites for hydroxylation is 1. The number of hydrogen-bond donors (Lipinski definition) is 1. The van der Waals surface area contributed by atoms with Crippen molar-refractivity contribution >= 4 is 0 Å². The maximum atomic E-state index is 9.79. The topological polar surface area (TPSA) is 68.4 Å². The third kappa shape index (κ3) is 2.29. The van der Waals surface area contributed by atoms with Crippen molar-refractivity contribution in [3.63, 3.8) is 0 Å². The van der Waals surface area contributed by atoms with E-state index in [1.807, 2.05) is 19.9 Å². The van der Waals surface area contributed by atoms with Gasteiger partial charge in [-0.3, -0.25) is 0 Å². The minimum Gasteiger partial charge on any atom is -0.507 e. The molecule has 0 saturated carbocycles. The van der Waals surface area contributed by atoms with E-state index in [4.69, 9.17) is 9.26 Å². The Kier molecular flexibility index (Phi) is 3.10. The second kappa shape index (κ2) is 4.55. The van der Waals surface area contributed by atoms with E-state index in [1.165, 1.54) is 0 Å². The summed E-state index contributed by atoms with van der Waals surface area (Å²) in [7, 11) is 1.57. The molecule has 1 aromatic heterocycles. The summed E-state index contributed by atoms with van der Waals surface area (Å²) in [5.41, 5.74) is 1.49.